The number of allylic oxidation sites excluding steroid dienone is 1. The first kappa shape index (κ1) is 9.39. The molecular formula is C10H9N3O2. The van der Waals surface area contributed by atoms with Gasteiger partial charge in [-0.2, -0.15) is 0 Å². The van der Waals surface area contributed by atoms with Gasteiger partial charge in [0.15, 0.2) is 5.52 Å². The Morgan fingerprint density at radius 1 is 1.53 bits per heavy atom. The quantitative estimate of drug-likeness (QED) is 0.436. The largest absolute Gasteiger partial charge is 0.435 e. The van der Waals surface area contributed by atoms with Crippen LogP contribution in [0.5, 0.6) is 0 Å². The molecule has 2 aromatic rings. The summed E-state index contributed by atoms with van der Waals surface area (Å²) in [4.78, 5) is 14.2. The Morgan fingerprint density at radius 3 is 2.93 bits per heavy atom. The van der Waals surface area contributed by atoms with Crippen molar-refractivity contribution in [1.29, 1.82) is 0 Å². The molecule has 0 radical (unpaired) electrons. The molecule has 1 aromatic heterocycles. The lowest BCUT2D eigenvalue weighted by Crippen LogP contribution is -2.01. The van der Waals surface area contributed by atoms with E-state index in [-0.39, 0.29) is 5.95 Å². The number of aromatic nitrogens is 2. The van der Waals surface area contributed by atoms with E-state index in [4.69, 9.17) is 0 Å². The second-order valence-corrected chi connectivity index (χ2v) is 3.06. The number of hydrogen-bond acceptors (Lipinski definition) is 3. The SMILES string of the molecule is C=CCn1c([N+](=O)[O-])nc2ccccc21. The summed E-state index contributed by atoms with van der Waals surface area (Å²) in [6.45, 7) is 3.96. The number of nitrogens with zero attached hydrogens (tertiary/aromatic N) is 3. The molecule has 0 N–H and O–H groups in total. The van der Waals surface area contributed by atoms with Gasteiger partial charge in [0.25, 0.3) is 0 Å². The summed E-state index contributed by atoms with van der Waals surface area (Å²) in [6, 6.07) is 7.19. The van der Waals surface area contributed by atoms with Crippen LogP contribution in [0.25, 0.3) is 11.0 Å². The second kappa shape index (κ2) is 3.53. The van der Waals surface area contributed by atoms with Crippen LogP contribution in [0.1, 0.15) is 0 Å². The predicted molar refractivity (Wildman–Crippen MR) is 56.6 cm³/mol. The van der Waals surface area contributed by atoms with Gasteiger partial charge in [0.05, 0.1) is 6.54 Å². The molecule has 0 saturated carbocycles. The van der Waals surface area contributed by atoms with Gasteiger partial charge in [0.2, 0.25) is 0 Å². The maximum atomic E-state index is 10.8. The van der Waals surface area contributed by atoms with Crippen LogP contribution in [0.3, 0.4) is 0 Å². The van der Waals surface area contributed by atoms with E-state index in [0.717, 1.165) is 5.52 Å². The normalized spacial score (nSPS) is 10.4. The molecule has 15 heavy (non-hydrogen) atoms. The lowest BCUT2D eigenvalue weighted by Gasteiger charge is -1.97. The topological polar surface area (TPSA) is 61.0 Å². The van der Waals surface area contributed by atoms with E-state index in [2.05, 4.69) is 11.6 Å². The maximum Gasteiger partial charge on any atom is 0.435 e. The Labute approximate surface area is 85.8 Å². The van der Waals surface area contributed by atoms with E-state index >= 15 is 0 Å². The minimum Gasteiger partial charge on any atom is -0.390 e. The highest BCUT2D eigenvalue weighted by molar-refractivity contribution is 5.77. The fourth-order valence-corrected chi connectivity index (χ4v) is 1.51. The molecule has 5 heteroatoms. The summed E-state index contributed by atoms with van der Waals surface area (Å²) < 4.78 is 1.53. The van der Waals surface area contributed by atoms with Gasteiger partial charge in [0.1, 0.15) is 5.52 Å². The van der Waals surface area contributed by atoms with Crippen molar-refractivity contribution in [3.05, 3.63) is 47.0 Å². The predicted octanol–water partition coefficient (Wildman–Crippen LogP) is 2.13. The van der Waals surface area contributed by atoms with E-state index in [0.29, 0.717) is 12.1 Å². The summed E-state index contributed by atoms with van der Waals surface area (Å²) in [7, 11) is 0. The van der Waals surface area contributed by atoms with Gasteiger partial charge in [-0.25, -0.2) is 4.57 Å². The Morgan fingerprint density at radius 2 is 2.27 bits per heavy atom. The smallest absolute Gasteiger partial charge is 0.390 e. The number of nitro groups is 1. The molecule has 0 saturated heterocycles. The highest BCUT2D eigenvalue weighted by Crippen LogP contribution is 2.20. The van der Waals surface area contributed by atoms with Gasteiger partial charge < -0.3 is 10.1 Å². The third-order valence-corrected chi connectivity index (χ3v) is 2.11. The fraction of sp³-hybridized carbons (Fsp3) is 0.100. The van der Waals surface area contributed by atoms with Crippen LogP contribution < -0.4 is 0 Å². The first-order valence-electron chi connectivity index (χ1n) is 4.44. The van der Waals surface area contributed by atoms with E-state index < -0.39 is 4.92 Å². The molecule has 0 amide bonds. The van der Waals surface area contributed by atoms with E-state index in [1.165, 1.54) is 4.57 Å². The van der Waals surface area contributed by atoms with Crippen LogP contribution >= 0.6 is 0 Å². The molecule has 0 bridgehead atoms. The number of para-hydroxylation sites is 2. The zero-order chi connectivity index (χ0) is 10.8. The van der Waals surface area contributed by atoms with Crippen LogP contribution in [-0.2, 0) is 6.54 Å². The molecule has 5 nitrogen and oxygen atoms in total. The Balaban J connectivity index is 2.73. The molecule has 0 aliphatic rings. The Bertz CT molecular complexity index is 530. The summed E-state index contributed by atoms with van der Waals surface area (Å²) >= 11 is 0. The van der Waals surface area contributed by atoms with Crippen molar-refractivity contribution in [2.24, 2.45) is 0 Å². The van der Waals surface area contributed by atoms with Crippen molar-refractivity contribution in [2.75, 3.05) is 0 Å². The molecule has 0 fully saturated rings. The first-order chi connectivity index (χ1) is 7.24. The van der Waals surface area contributed by atoms with Crippen molar-refractivity contribution < 1.29 is 4.92 Å². The zero-order valence-corrected chi connectivity index (χ0v) is 7.96. The molecule has 2 rings (SSSR count). The zero-order valence-electron chi connectivity index (χ0n) is 7.96. The monoisotopic (exact) mass is 203 g/mol. The molecule has 1 aromatic carbocycles. The van der Waals surface area contributed by atoms with Crippen LogP contribution in [-0.4, -0.2) is 14.5 Å². The van der Waals surface area contributed by atoms with Gasteiger partial charge in [-0.05, 0) is 17.1 Å². The third-order valence-electron chi connectivity index (χ3n) is 2.11. The van der Waals surface area contributed by atoms with Crippen LogP contribution in [0.2, 0.25) is 0 Å². The number of rotatable bonds is 3. The van der Waals surface area contributed by atoms with E-state index in [9.17, 15) is 10.1 Å². The van der Waals surface area contributed by atoms with Crippen molar-refractivity contribution in [2.45, 2.75) is 6.54 Å². The van der Waals surface area contributed by atoms with Gasteiger partial charge in [-0.15, -0.1) is 0 Å². The lowest BCUT2D eigenvalue weighted by molar-refractivity contribution is -0.396. The minimum atomic E-state index is -0.483. The average molecular weight is 203 g/mol. The number of hydrogen-bond donors (Lipinski definition) is 0. The fourth-order valence-electron chi connectivity index (χ4n) is 1.51. The van der Waals surface area contributed by atoms with Gasteiger partial charge >= 0.3 is 5.95 Å². The van der Waals surface area contributed by atoms with Gasteiger partial charge in [-0.1, -0.05) is 29.8 Å². The van der Waals surface area contributed by atoms with E-state index in [1.54, 1.807) is 24.3 Å². The highest BCUT2D eigenvalue weighted by atomic mass is 16.6. The standard InChI is InChI=1S/C10H9N3O2/c1-2-7-12-9-6-4-3-5-8(9)11-10(12)13(14)15/h2-6H,1,7H2. The minimum absolute atomic E-state index is 0.142. The maximum absolute atomic E-state index is 10.8. The lowest BCUT2D eigenvalue weighted by atomic mass is 10.3. The van der Waals surface area contributed by atoms with Gasteiger partial charge in [-0.3, -0.25) is 0 Å². The van der Waals surface area contributed by atoms with Crippen molar-refractivity contribution >= 4 is 17.0 Å². The molecule has 0 atom stereocenters. The summed E-state index contributed by atoms with van der Waals surface area (Å²) in [5.41, 5.74) is 1.38. The number of fused-ring (bicyclic) bond motifs is 1. The van der Waals surface area contributed by atoms with Crippen LogP contribution in [0.15, 0.2) is 36.9 Å². The molecule has 76 valence electrons. The molecular weight excluding hydrogens is 194 g/mol. The van der Waals surface area contributed by atoms with Crippen molar-refractivity contribution in [3.63, 3.8) is 0 Å². The van der Waals surface area contributed by atoms with Crippen LogP contribution in [0, 0.1) is 10.1 Å². The van der Waals surface area contributed by atoms with Crippen LogP contribution in [0.4, 0.5) is 5.95 Å². The van der Waals surface area contributed by atoms with Gasteiger partial charge in [0, 0.05) is 0 Å². The average Bonchev–Trinajstić information content (AvgIpc) is 2.58. The Hall–Kier alpha value is -2.17. The summed E-state index contributed by atoms with van der Waals surface area (Å²) in [5.74, 6) is -0.142. The molecule has 1 heterocycles. The van der Waals surface area contributed by atoms with Crippen molar-refractivity contribution in [3.8, 4) is 0 Å². The third kappa shape index (κ3) is 1.48. The number of benzene rings is 1. The molecule has 0 unspecified atom stereocenters. The summed E-state index contributed by atoms with van der Waals surface area (Å²) in [6.07, 6.45) is 1.61. The van der Waals surface area contributed by atoms with E-state index in [1.807, 2.05) is 6.07 Å². The first-order valence-corrected chi connectivity index (χ1v) is 4.44. The molecule has 0 aliphatic heterocycles. The number of imidazole rings is 1. The van der Waals surface area contributed by atoms with Crippen molar-refractivity contribution in [1.82, 2.24) is 9.55 Å². The molecule has 0 aliphatic carbocycles. The highest BCUT2D eigenvalue weighted by Gasteiger charge is 2.19. The Kier molecular flexibility index (Phi) is 2.21. The second-order valence-electron chi connectivity index (χ2n) is 3.06. The molecule has 0 spiro atoms. The summed E-state index contributed by atoms with van der Waals surface area (Å²) in [5, 5.41) is 10.8.